The standard InChI is InChI=1S/C22H28O8P2/c1-5-27-21(28-6-2,31(23)24)19-13-9-17(10-14-19)18-11-15-20(16-12-18)22(29-7-3,30-8-4)32(25)26/h9-16H,5-8H2,1-4H3. The molecule has 0 N–H and O–H groups in total. The molecule has 0 aromatic heterocycles. The second kappa shape index (κ2) is 11.8. The molecule has 0 atom stereocenters. The Morgan fingerprint density at radius 1 is 0.531 bits per heavy atom. The zero-order chi connectivity index (χ0) is 23.8. The molecule has 0 aliphatic carbocycles. The number of ether oxygens (including phenoxy) is 4. The molecule has 0 saturated heterocycles. The summed E-state index contributed by atoms with van der Waals surface area (Å²) < 4.78 is 69.8. The van der Waals surface area contributed by atoms with Crippen LogP contribution in [0.25, 0.3) is 11.1 Å². The van der Waals surface area contributed by atoms with E-state index in [0.29, 0.717) is 11.1 Å². The van der Waals surface area contributed by atoms with E-state index in [1.165, 1.54) is 0 Å². The van der Waals surface area contributed by atoms with E-state index < -0.39 is 26.4 Å². The maximum atomic E-state index is 12.0. The molecule has 2 aromatic carbocycles. The maximum absolute atomic E-state index is 12.0. The third kappa shape index (κ3) is 5.34. The molecule has 0 fully saturated rings. The molecule has 2 rings (SSSR count). The SMILES string of the molecule is CCOC(OCC)(c1ccc(-c2ccc(C(OCC)(OCC)P(=O)=O)cc2)cc1)P(=O)=O. The molecule has 0 unspecified atom stereocenters. The third-order valence-electron chi connectivity index (χ3n) is 4.67. The van der Waals surface area contributed by atoms with Crippen molar-refractivity contribution >= 4 is 15.4 Å². The van der Waals surface area contributed by atoms with Gasteiger partial charge in [0.25, 0.3) is 0 Å². The van der Waals surface area contributed by atoms with Gasteiger partial charge in [0.1, 0.15) is 0 Å². The summed E-state index contributed by atoms with van der Waals surface area (Å²) >= 11 is 0. The lowest BCUT2D eigenvalue weighted by Gasteiger charge is -2.26. The molecule has 0 aliphatic heterocycles. The Bertz CT molecular complexity index is 900. The van der Waals surface area contributed by atoms with Crippen LogP contribution in [-0.4, -0.2) is 26.4 Å². The number of hydrogen-bond acceptors (Lipinski definition) is 8. The summed E-state index contributed by atoms with van der Waals surface area (Å²) in [4.78, 5) is 0. The van der Waals surface area contributed by atoms with Gasteiger partial charge in [-0.1, -0.05) is 48.5 Å². The van der Waals surface area contributed by atoms with E-state index in [4.69, 9.17) is 18.9 Å². The van der Waals surface area contributed by atoms with Gasteiger partial charge in [0.15, 0.2) is 0 Å². The second-order valence-corrected chi connectivity index (χ2v) is 8.77. The third-order valence-corrected chi connectivity index (χ3v) is 6.67. The first-order valence-electron chi connectivity index (χ1n) is 10.4. The van der Waals surface area contributed by atoms with Crippen molar-refractivity contribution in [2.75, 3.05) is 26.4 Å². The van der Waals surface area contributed by atoms with Gasteiger partial charge >= 0.3 is 26.4 Å². The fourth-order valence-electron chi connectivity index (χ4n) is 3.37. The molecule has 0 amide bonds. The summed E-state index contributed by atoms with van der Waals surface area (Å²) in [5.74, 6) is 0. The van der Waals surface area contributed by atoms with Gasteiger partial charge in [-0.25, -0.2) is 18.3 Å². The van der Waals surface area contributed by atoms with Crippen LogP contribution in [0.3, 0.4) is 0 Å². The molecule has 0 radical (unpaired) electrons. The Morgan fingerprint density at radius 3 is 0.969 bits per heavy atom. The van der Waals surface area contributed by atoms with Crippen LogP contribution in [0.1, 0.15) is 38.8 Å². The summed E-state index contributed by atoms with van der Waals surface area (Å²) in [7, 11) is -6.12. The normalized spacial score (nSPS) is 12.0. The van der Waals surface area contributed by atoms with Gasteiger partial charge in [0.2, 0.25) is 0 Å². The van der Waals surface area contributed by atoms with Crippen molar-refractivity contribution in [2.45, 2.75) is 38.8 Å². The van der Waals surface area contributed by atoms with Gasteiger partial charge in [-0.2, -0.15) is 0 Å². The van der Waals surface area contributed by atoms with E-state index in [1.807, 2.05) is 0 Å². The molecule has 10 heteroatoms. The van der Waals surface area contributed by atoms with Crippen molar-refractivity contribution in [1.29, 1.82) is 0 Å². The maximum Gasteiger partial charge on any atom is 0.382 e. The average Bonchev–Trinajstić information content (AvgIpc) is 2.78. The molecule has 0 aliphatic rings. The van der Waals surface area contributed by atoms with Gasteiger partial charge in [-0.05, 0) is 38.8 Å². The molecular formula is C22H28O8P2. The second-order valence-electron chi connectivity index (χ2n) is 6.56. The van der Waals surface area contributed by atoms with E-state index in [-0.39, 0.29) is 26.4 Å². The number of hydrogen-bond donors (Lipinski definition) is 0. The van der Waals surface area contributed by atoms with Crippen molar-refractivity contribution in [3.05, 3.63) is 59.7 Å². The van der Waals surface area contributed by atoms with E-state index in [0.717, 1.165) is 11.1 Å². The quantitative estimate of drug-likeness (QED) is 0.250. The highest BCUT2D eigenvalue weighted by Gasteiger charge is 2.42. The molecular weight excluding hydrogens is 454 g/mol. The lowest BCUT2D eigenvalue weighted by molar-refractivity contribution is -0.180. The van der Waals surface area contributed by atoms with Gasteiger partial charge in [-0.3, -0.25) is 0 Å². The van der Waals surface area contributed by atoms with Crippen LogP contribution in [0, 0.1) is 0 Å². The summed E-state index contributed by atoms with van der Waals surface area (Å²) in [6.07, 6.45) is 0. The highest BCUT2D eigenvalue weighted by atomic mass is 31.1. The number of rotatable bonds is 13. The Kier molecular flexibility index (Phi) is 9.71. The Morgan fingerprint density at radius 2 is 0.781 bits per heavy atom. The first-order valence-corrected chi connectivity index (χ1v) is 12.7. The minimum atomic E-state index is -3.06. The van der Waals surface area contributed by atoms with Crippen LogP contribution >= 0.6 is 15.4 Å². The van der Waals surface area contributed by atoms with Gasteiger partial charge in [-0.15, -0.1) is 0 Å². The highest BCUT2D eigenvalue weighted by Crippen LogP contribution is 2.44. The fourth-order valence-corrected chi connectivity index (χ4v) is 5.03. The largest absolute Gasteiger partial charge is 0.382 e. The molecule has 0 bridgehead atoms. The van der Waals surface area contributed by atoms with Crippen molar-refractivity contribution < 1.29 is 37.2 Å². The topological polar surface area (TPSA) is 105 Å². The molecule has 0 spiro atoms. The molecule has 32 heavy (non-hydrogen) atoms. The summed E-state index contributed by atoms with van der Waals surface area (Å²) in [6, 6.07) is 13.6. The molecule has 0 heterocycles. The summed E-state index contributed by atoms with van der Waals surface area (Å²) in [5.41, 5.74) is -1.34. The zero-order valence-corrected chi connectivity index (χ0v) is 20.4. The lowest BCUT2D eigenvalue weighted by atomic mass is 10.0. The van der Waals surface area contributed by atoms with Crippen LogP contribution in [0.4, 0.5) is 0 Å². The van der Waals surface area contributed by atoms with Crippen LogP contribution in [-0.2, 0) is 48.3 Å². The average molecular weight is 482 g/mol. The zero-order valence-electron chi connectivity index (χ0n) is 18.6. The minimum Gasteiger partial charge on any atom is -0.335 e. The Balaban J connectivity index is 2.42. The Hall–Kier alpha value is -1.92. The van der Waals surface area contributed by atoms with Crippen molar-refractivity contribution in [1.82, 2.24) is 0 Å². The van der Waals surface area contributed by atoms with Crippen molar-refractivity contribution in [3.63, 3.8) is 0 Å². The van der Waals surface area contributed by atoms with Gasteiger partial charge in [0, 0.05) is 37.6 Å². The smallest absolute Gasteiger partial charge is 0.335 e. The van der Waals surface area contributed by atoms with E-state index >= 15 is 0 Å². The Labute approximate surface area is 188 Å². The van der Waals surface area contributed by atoms with Crippen LogP contribution in [0.15, 0.2) is 48.5 Å². The van der Waals surface area contributed by atoms with Crippen molar-refractivity contribution in [2.24, 2.45) is 0 Å². The molecule has 0 saturated carbocycles. The first kappa shape index (κ1) is 26.3. The van der Waals surface area contributed by atoms with E-state index in [9.17, 15) is 18.3 Å². The first-order chi connectivity index (χ1) is 15.3. The monoisotopic (exact) mass is 482 g/mol. The van der Waals surface area contributed by atoms with Gasteiger partial charge in [0.05, 0.1) is 0 Å². The predicted octanol–water partition coefficient (Wildman–Crippen LogP) is 6.07. The molecule has 8 nitrogen and oxygen atoms in total. The van der Waals surface area contributed by atoms with E-state index in [1.54, 1.807) is 76.2 Å². The highest BCUT2D eigenvalue weighted by molar-refractivity contribution is 7.32. The van der Waals surface area contributed by atoms with Crippen LogP contribution in [0.5, 0.6) is 0 Å². The molecule has 2 aromatic rings. The number of benzene rings is 2. The summed E-state index contributed by atoms with van der Waals surface area (Å²) in [6.45, 7) is 7.44. The van der Waals surface area contributed by atoms with E-state index in [2.05, 4.69) is 0 Å². The molecule has 174 valence electrons. The predicted molar refractivity (Wildman–Crippen MR) is 118 cm³/mol. The lowest BCUT2D eigenvalue weighted by Crippen LogP contribution is -2.28. The summed E-state index contributed by atoms with van der Waals surface area (Å²) in [5, 5.41) is 0. The fraction of sp³-hybridized carbons (Fsp3) is 0.455. The van der Waals surface area contributed by atoms with Crippen LogP contribution < -0.4 is 0 Å². The van der Waals surface area contributed by atoms with Gasteiger partial charge < -0.3 is 18.9 Å². The minimum absolute atomic E-state index is 0.163. The van der Waals surface area contributed by atoms with Crippen LogP contribution in [0.2, 0.25) is 0 Å². The van der Waals surface area contributed by atoms with Crippen molar-refractivity contribution in [3.8, 4) is 11.1 Å².